The molecule has 1 aromatic heterocycles. The average molecular weight is 291 g/mol. The number of rotatable bonds is 6. The molecule has 5 heteroatoms. The van der Waals surface area contributed by atoms with Gasteiger partial charge in [0, 0.05) is 31.7 Å². The Balaban J connectivity index is 1.69. The molecule has 5 nitrogen and oxygen atoms in total. The van der Waals surface area contributed by atoms with E-state index < -0.39 is 0 Å². The smallest absolute Gasteiger partial charge is 0.141 e. The van der Waals surface area contributed by atoms with Crippen molar-refractivity contribution < 1.29 is 0 Å². The molecule has 0 radical (unpaired) electrons. The molecule has 1 aliphatic carbocycles. The van der Waals surface area contributed by atoms with Crippen LogP contribution < -0.4 is 5.32 Å². The Morgan fingerprint density at radius 3 is 2.86 bits per heavy atom. The second-order valence-corrected chi connectivity index (χ2v) is 7.10. The largest absolute Gasteiger partial charge is 0.311 e. The Hall–Kier alpha value is -0.940. The predicted octanol–water partition coefficient (Wildman–Crippen LogP) is 1.90. The molecule has 2 unspecified atom stereocenters. The summed E-state index contributed by atoms with van der Waals surface area (Å²) in [7, 11) is 0. The molecule has 1 aromatic rings. The molecule has 1 aliphatic heterocycles. The Morgan fingerprint density at radius 1 is 1.38 bits per heavy atom. The molecule has 0 spiro atoms. The van der Waals surface area contributed by atoms with Crippen molar-refractivity contribution in [2.24, 2.45) is 11.8 Å². The molecule has 1 saturated carbocycles. The highest BCUT2D eigenvalue weighted by molar-refractivity contribution is 4.97. The lowest BCUT2D eigenvalue weighted by Gasteiger charge is -2.40. The van der Waals surface area contributed by atoms with Gasteiger partial charge in [0.1, 0.15) is 12.2 Å². The maximum absolute atomic E-state index is 4.52. The van der Waals surface area contributed by atoms with E-state index in [2.05, 4.69) is 45.8 Å². The van der Waals surface area contributed by atoms with Crippen LogP contribution in [-0.4, -0.2) is 44.8 Å². The zero-order valence-corrected chi connectivity index (χ0v) is 13.6. The van der Waals surface area contributed by atoms with Crippen molar-refractivity contribution in [3.05, 3.63) is 12.2 Å². The Bertz CT molecular complexity index is 451. The number of aromatic nitrogens is 3. The Kier molecular flexibility index (Phi) is 4.60. The monoisotopic (exact) mass is 291 g/mol. The summed E-state index contributed by atoms with van der Waals surface area (Å²) in [6, 6.07) is 1.32. The van der Waals surface area contributed by atoms with Crippen molar-refractivity contribution in [2.75, 3.05) is 13.1 Å². The average Bonchev–Trinajstić information content (AvgIpc) is 3.22. The molecule has 1 N–H and O–H groups in total. The molecular formula is C16H29N5. The molecule has 21 heavy (non-hydrogen) atoms. The van der Waals surface area contributed by atoms with Crippen LogP contribution in [0, 0.1) is 11.8 Å². The fourth-order valence-corrected chi connectivity index (χ4v) is 3.39. The second-order valence-electron chi connectivity index (χ2n) is 7.10. The van der Waals surface area contributed by atoms with Gasteiger partial charge in [0.15, 0.2) is 0 Å². The zero-order valence-electron chi connectivity index (χ0n) is 13.6. The van der Waals surface area contributed by atoms with Gasteiger partial charge in [-0.25, -0.2) is 9.67 Å². The van der Waals surface area contributed by atoms with E-state index in [9.17, 15) is 0 Å². The van der Waals surface area contributed by atoms with E-state index in [1.54, 1.807) is 6.33 Å². The molecular weight excluding hydrogens is 262 g/mol. The molecule has 118 valence electrons. The van der Waals surface area contributed by atoms with Crippen LogP contribution >= 0.6 is 0 Å². The number of piperazine rings is 1. The Morgan fingerprint density at radius 2 is 2.19 bits per heavy atom. The first-order valence-corrected chi connectivity index (χ1v) is 8.51. The highest BCUT2D eigenvalue weighted by Crippen LogP contribution is 2.36. The first kappa shape index (κ1) is 15.0. The molecule has 0 amide bonds. The van der Waals surface area contributed by atoms with Crippen molar-refractivity contribution in [3.63, 3.8) is 0 Å². The minimum atomic E-state index is 0.607. The lowest BCUT2D eigenvalue weighted by Crippen LogP contribution is -2.56. The predicted molar refractivity (Wildman–Crippen MR) is 83.9 cm³/mol. The molecule has 2 fully saturated rings. The first-order chi connectivity index (χ1) is 10.2. The number of hydrogen-bond acceptors (Lipinski definition) is 4. The first-order valence-electron chi connectivity index (χ1n) is 8.51. The van der Waals surface area contributed by atoms with Crippen LogP contribution in [0.4, 0.5) is 0 Å². The maximum Gasteiger partial charge on any atom is 0.141 e. The third-order valence-corrected chi connectivity index (χ3v) is 4.78. The van der Waals surface area contributed by atoms with Crippen molar-refractivity contribution >= 4 is 0 Å². The van der Waals surface area contributed by atoms with E-state index >= 15 is 0 Å². The van der Waals surface area contributed by atoms with Gasteiger partial charge in [0.25, 0.3) is 0 Å². The highest BCUT2D eigenvalue weighted by atomic mass is 15.4. The standard InChI is InChI=1S/C16H29N5/c1-4-14-9-20(15(7-17-14)13-5-6-13)10-16-18-11-19-21(16)8-12(2)3/h11-15,17H,4-10H2,1-3H3. The number of nitrogens with zero attached hydrogens (tertiary/aromatic N) is 4. The summed E-state index contributed by atoms with van der Waals surface area (Å²) in [4.78, 5) is 7.17. The van der Waals surface area contributed by atoms with Gasteiger partial charge < -0.3 is 5.32 Å². The van der Waals surface area contributed by atoms with Gasteiger partial charge in [0.05, 0.1) is 6.54 Å². The maximum atomic E-state index is 4.52. The van der Waals surface area contributed by atoms with Crippen LogP contribution in [0.2, 0.25) is 0 Å². The van der Waals surface area contributed by atoms with Gasteiger partial charge in [-0.15, -0.1) is 0 Å². The van der Waals surface area contributed by atoms with Crippen LogP contribution in [0.25, 0.3) is 0 Å². The van der Waals surface area contributed by atoms with Gasteiger partial charge in [0.2, 0.25) is 0 Å². The third-order valence-electron chi connectivity index (χ3n) is 4.78. The summed E-state index contributed by atoms with van der Waals surface area (Å²) in [6.45, 7) is 10.9. The van der Waals surface area contributed by atoms with E-state index in [-0.39, 0.29) is 0 Å². The van der Waals surface area contributed by atoms with Crippen LogP contribution in [-0.2, 0) is 13.1 Å². The van der Waals surface area contributed by atoms with Gasteiger partial charge in [-0.2, -0.15) is 5.10 Å². The van der Waals surface area contributed by atoms with E-state index in [1.807, 2.05) is 0 Å². The zero-order chi connectivity index (χ0) is 14.8. The fraction of sp³-hybridized carbons (Fsp3) is 0.875. The normalized spacial score (nSPS) is 27.4. The molecule has 0 bridgehead atoms. The molecule has 3 rings (SSSR count). The summed E-state index contributed by atoms with van der Waals surface area (Å²) < 4.78 is 2.09. The lowest BCUT2D eigenvalue weighted by atomic mass is 10.0. The molecule has 2 atom stereocenters. The van der Waals surface area contributed by atoms with Crippen molar-refractivity contribution in [1.29, 1.82) is 0 Å². The van der Waals surface area contributed by atoms with Crippen molar-refractivity contribution in [2.45, 2.75) is 65.2 Å². The van der Waals surface area contributed by atoms with Gasteiger partial charge >= 0.3 is 0 Å². The van der Waals surface area contributed by atoms with Gasteiger partial charge in [-0.3, -0.25) is 4.90 Å². The van der Waals surface area contributed by atoms with E-state index in [1.165, 1.54) is 19.3 Å². The van der Waals surface area contributed by atoms with Crippen LogP contribution in [0.1, 0.15) is 45.9 Å². The van der Waals surface area contributed by atoms with E-state index in [0.717, 1.165) is 37.9 Å². The molecule has 2 heterocycles. The minimum absolute atomic E-state index is 0.607. The SMILES string of the molecule is CCC1CN(Cc2ncnn2CC(C)C)C(C2CC2)CN1. The summed E-state index contributed by atoms with van der Waals surface area (Å²) in [6.07, 6.45) is 5.71. The summed E-state index contributed by atoms with van der Waals surface area (Å²) >= 11 is 0. The lowest BCUT2D eigenvalue weighted by molar-refractivity contribution is 0.101. The third kappa shape index (κ3) is 3.64. The summed E-state index contributed by atoms with van der Waals surface area (Å²) in [5.74, 6) is 2.64. The van der Waals surface area contributed by atoms with Crippen LogP contribution in [0.5, 0.6) is 0 Å². The Labute approximate surface area is 128 Å². The summed E-state index contributed by atoms with van der Waals surface area (Å²) in [5, 5.41) is 8.12. The van der Waals surface area contributed by atoms with E-state index in [4.69, 9.17) is 0 Å². The minimum Gasteiger partial charge on any atom is -0.311 e. The molecule has 2 aliphatic rings. The van der Waals surface area contributed by atoms with Gasteiger partial charge in [-0.05, 0) is 31.1 Å². The highest BCUT2D eigenvalue weighted by Gasteiger charge is 2.38. The number of hydrogen-bond donors (Lipinski definition) is 1. The molecule has 1 saturated heterocycles. The topological polar surface area (TPSA) is 46.0 Å². The fourth-order valence-electron chi connectivity index (χ4n) is 3.39. The van der Waals surface area contributed by atoms with Crippen LogP contribution in [0.15, 0.2) is 6.33 Å². The molecule has 0 aromatic carbocycles. The quantitative estimate of drug-likeness (QED) is 0.869. The van der Waals surface area contributed by atoms with Crippen molar-refractivity contribution in [3.8, 4) is 0 Å². The summed E-state index contributed by atoms with van der Waals surface area (Å²) in [5.41, 5.74) is 0. The second kappa shape index (κ2) is 6.44. The number of nitrogens with one attached hydrogen (secondary N) is 1. The van der Waals surface area contributed by atoms with Crippen LogP contribution in [0.3, 0.4) is 0 Å². The van der Waals surface area contributed by atoms with E-state index in [0.29, 0.717) is 18.0 Å². The van der Waals surface area contributed by atoms with Gasteiger partial charge in [-0.1, -0.05) is 20.8 Å². The van der Waals surface area contributed by atoms with Crippen molar-refractivity contribution in [1.82, 2.24) is 25.0 Å².